The van der Waals surface area contributed by atoms with Crippen molar-refractivity contribution in [1.29, 1.82) is 5.26 Å². The van der Waals surface area contributed by atoms with Crippen LogP contribution in [0.2, 0.25) is 0 Å². The maximum absolute atomic E-state index is 9.04. The second-order valence-electron chi connectivity index (χ2n) is 3.75. The number of nitrogens with zero attached hydrogens (tertiary/aromatic N) is 1. The number of nitrogens with one attached hydrogen (secondary N) is 1. The van der Waals surface area contributed by atoms with Crippen LogP contribution in [0.1, 0.15) is 17.9 Å². The van der Waals surface area contributed by atoms with E-state index in [2.05, 4.69) is 23.5 Å². The van der Waals surface area contributed by atoms with Gasteiger partial charge in [0.1, 0.15) is 0 Å². The molecule has 1 fully saturated rings. The minimum absolute atomic E-state index is 0.179. The minimum Gasteiger partial charge on any atom is -0.316 e. The monoisotopic (exact) mass is 186 g/mol. The van der Waals surface area contributed by atoms with Gasteiger partial charge in [-0.2, -0.15) is 5.26 Å². The predicted octanol–water partition coefficient (Wildman–Crippen LogP) is 1.90. The average Bonchev–Trinajstić information content (AvgIpc) is 2.30. The molecule has 0 radical (unpaired) electrons. The van der Waals surface area contributed by atoms with Crippen LogP contribution in [0.5, 0.6) is 0 Å². The van der Waals surface area contributed by atoms with E-state index in [0.29, 0.717) is 5.92 Å². The van der Waals surface area contributed by atoms with Gasteiger partial charge in [-0.3, -0.25) is 0 Å². The van der Waals surface area contributed by atoms with Gasteiger partial charge in [0.05, 0.1) is 12.0 Å². The fraction of sp³-hybridized carbons (Fsp3) is 0.417. The van der Waals surface area contributed by atoms with Crippen molar-refractivity contribution in [2.75, 3.05) is 13.1 Å². The van der Waals surface area contributed by atoms with Crippen molar-refractivity contribution in [2.24, 2.45) is 5.92 Å². The molecule has 2 atom stereocenters. The van der Waals surface area contributed by atoms with Crippen LogP contribution < -0.4 is 5.32 Å². The van der Waals surface area contributed by atoms with Crippen LogP contribution in [0.3, 0.4) is 0 Å². The number of hydrogen-bond donors (Lipinski definition) is 1. The van der Waals surface area contributed by atoms with Crippen molar-refractivity contribution in [1.82, 2.24) is 5.32 Å². The Morgan fingerprint density at radius 3 is 2.79 bits per heavy atom. The maximum atomic E-state index is 9.04. The Hall–Kier alpha value is -1.33. The van der Waals surface area contributed by atoms with E-state index in [1.54, 1.807) is 0 Å². The van der Waals surface area contributed by atoms with Crippen molar-refractivity contribution in [3.8, 4) is 6.07 Å². The van der Waals surface area contributed by atoms with Crippen LogP contribution in [-0.2, 0) is 0 Å². The summed E-state index contributed by atoms with van der Waals surface area (Å²) >= 11 is 0. The summed E-state index contributed by atoms with van der Waals surface area (Å²) in [4.78, 5) is 0. The molecule has 0 spiro atoms. The van der Waals surface area contributed by atoms with Crippen molar-refractivity contribution >= 4 is 0 Å². The van der Waals surface area contributed by atoms with Crippen LogP contribution in [0, 0.1) is 17.2 Å². The Kier molecular flexibility index (Phi) is 2.81. The van der Waals surface area contributed by atoms with E-state index >= 15 is 0 Å². The maximum Gasteiger partial charge on any atom is 0.0663 e. The molecule has 0 bridgehead atoms. The molecule has 1 saturated heterocycles. The molecule has 2 unspecified atom stereocenters. The number of rotatable bonds is 1. The third-order valence-corrected chi connectivity index (χ3v) is 2.88. The van der Waals surface area contributed by atoms with E-state index < -0.39 is 0 Å². The van der Waals surface area contributed by atoms with Crippen molar-refractivity contribution < 1.29 is 0 Å². The summed E-state index contributed by atoms with van der Waals surface area (Å²) < 4.78 is 0. The fourth-order valence-electron chi connectivity index (χ4n) is 2.06. The van der Waals surface area contributed by atoms with Crippen LogP contribution in [-0.4, -0.2) is 13.1 Å². The Morgan fingerprint density at radius 2 is 2.07 bits per heavy atom. The van der Waals surface area contributed by atoms with E-state index in [0.717, 1.165) is 19.5 Å². The molecule has 2 nitrogen and oxygen atoms in total. The molecule has 1 aliphatic heterocycles. The molecule has 0 aliphatic carbocycles. The van der Waals surface area contributed by atoms with Crippen molar-refractivity contribution in [3.05, 3.63) is 35.9 Å². The molecule has 0 amide bonds. The van der Waals surface area contributed by atoms with E-state index in [9.17, 15) is 0 Å². The molecule has 1 N–H and O–H groups in total. The number of benzene rings is 1. The van der Waals surface area contributed by atoms with Gasteiger partial charge < -0.3 is 5.32 Å². The van der Waals surface area contributed by atoms with Gasteiger partial charge in [-0.25, -0.2) is 0 Å². The Labute approximate surface area is 84.6 Å². The van der Waals surface area contributed by atoms with E-state index in [1.165, 1.54) is 5.56 Å². The average molecular weight is 186 g/mol. The molecule has 72 valence electrons. The standard InChI is InChI=1S/C12H14N2/c13-8-11-6-7-14-9-12(11)10-4-2-1-3-5-10/h1-5,11-12,14H,6-7,9H2. The third-order valence-electron chi connectivity index (χ3n) is 2.88. The van der Waals surface area contributed by atoms with Crippen LogP contribution >= 0.6 is 0 Å². The van der Waals surface area contributed by atoms with Gasteiger partial charge in [0.2, 0.25) is 0 Å². The molecule has 2 rings (SSSR count). The van der Waals surface area contributed by atoms with Gasteiger partial charge in [-0.1, -0.05) is 30.3 Å². The van der Waals surface area contributed by atoms with Gasteiger partial charge in [0.15, 0.2) is 0 Å². The van der Waals surface area contributed by atoms with Crippen molar-refractivity contribution in [3.63, 3.8) is 0 Å². The first-order valence-electron chi connectivity index (χ1n) is 5.07. The normalized spacial score (nSPS) is 26.8. The van der Waals surface area contributed by atoms with Gasteiger partial charge in [-0.15, -0.1) is 0 Å². The SMILES string of the molecule is N#CC1CCNCC1c1ccccc1. The van der Waals surface area contributed by atoms with Crippen LogP contribution in [0.15, 0.2) is 30.3 Å². The zero-order valence-corrected chi connectivity index (χ0v) is 8.11. The smallest absolute Gasteiger partial charge is 0.0663 e. The number of hydrogen-bond acceptors (Lipinski definition) is 2. The zero-order chi connectivity index (χ0) is 9.80. The quantitative estimate of drug-likeness (QED) is 0.727. The first kappa shape index (κ1) is 9.23. The summed E-state index contributed by atoms with van der Waals surface area (Å²) in [5.41, 5.74) is 1.28. The van der Waals surface area contributed by atoms with Crippen LogP contribution in [0.25, 0.3) is 0 Å². The minimum atomic E-state index is 0.179. The lowest BCUT2D eigenvalue weighted by Gasteiger charge is -2.27. The van der Waals surface area contributed by atoms with Gasteiger partial charge in [0.25, 0.3) is 0 Å². The number of piperidine rings is 1. The highest BCUT2D eigenvalue weighted by Gasteiger charge is 2.25. The van der Waals surface area contributed by atoms with Crippen LogP contribution in [0.4, 0.5) is 0 Å². The molecule has 0 saturated carbocycles. The summed E-state index contributed by atoms with van der Waals surface area (Å²) in [6.45, 7) is 1.91. The largest absolute Gasteiger partial charge is 0.316 e. The molecule has 14 heavy (non-hydrogen) atoms. The highest BCUT2D eigenvalue weighted by Crippen LogP contribution is 2.28. The lowest BCUT2D eigenvalue weighted by molar-refractivity contribution is 0.387. The molecule has 1 heterocycles. The molecule has 2 heteroatoms. The van der Waals surface area contributed by atoms with E-state index in [1.807, 2.05) is 18.2 Å². The van der Waals surface area contributed by atoms with E-state index in [-0.39, 0.29) is 5.92 Å². The predicted molar refractivity (Wildman–Crippen MR) is 55.8 cm³/mol. The second-order valence-corrected chi connectivity index (χ2v) is 3.75. The lowest BCUT2D eigenvalue weighted by atomic mass is 9.82. The molecular weight excluding hydrogens is 172 g/mol. The van der Waals surface area contributed by atoms with Gasteiger partial charge in [-0.05, 0) is 18.5 Å². The molecule has 1 aliphatic rings. The first-order valence-corrected chi connectivity index (χ1v) is 5.07. The molecule has 1 aromatic carbocycles. The summed E-state index contributed by atoms with van der Waals surface area (Å²) in [5.74, 6) is 0.550. The lowest BCUT2D eigenvalue weighted by Crippen LogP contribution is -2.34. The summed E-state index contributed by atoms with van der Waals surface area (Å²) in [6, 6.07) is 12.7. The Balaban J connectivity index is 2.20. The summed E-state index contributed by atoms with van der Waals surface area (Å²) in [5, 5.41) is 12.4. The Morgan fingerprint density at radius 1 is 1.29 bits per heavy atom. The van der Waals surface area contributed by atoms with Gasteiger partial charge in [0, 0.05) is 12.5 Å². The van der Waals surface area contributed by atoms with Gasteiger partial charge >= 0.3 is 0 Å². The van der Waals surface area contributed by atoms with Crippen molar-refractivity contribution in [2.45, 2.75) is 12.3 Å². The topological polar surface area (TPSA) is 35.8 Å². The molecular formula is C12H14N2. The molecule has 0 aromatic heterocycles. The zero-order valence-electron chi connectivity index (χ0n) is 8.11. The number of nitriles is 1. The second kappa shape index (κ2) is 4.26. The Bertz CT molecular complexity index is 326. The highest BCUT2D eigenvalue weighted by atomic mass is 14.9. The molecule has 1 aromatic rings. The van der Waals surface area contributed by atoms with E-state index in [4.69, 9.17) is 5.26 Å². The summed E-state index contributed by atoms with van der Waals surface area (Å²) in [6.07, 6.45) is 0.968. The highest BCUT2D eigenvalue weighted by molar-refractivity contribution is 5.23. The first-order chi connectivity index (χ1) is 6.92. The summed E-state index contributed by atoms with van der Waals surface area (Å²) in [7, 11) is 0. The fourth-order valence-corrected chi connectivity index (χ4v) is 2.06. The third kappa shape index (κ3) is 1.78.